The second kappa shape index (κ2) is 9.69. The van der Waals surface area contributed by atoms with E-state index >= 15 is 0 Å². The fourth-order valence-corrected chi connectivity index (χ4v) is 5.01. The van der Waals surface area contributed by atoms with Crippen molar-refractivity contribution in [3.8, 4) is 28.7 Å². The molecule has 4 rings (SSSR count). The minimum absolute atomic E-state index is 0.0450. The normalized spacial score (nSPS) is 11.1. The zero-order chi connectivity index (χ0) is 24.3. The smallest absolute Gasteiger partial charge is 0.270 e. The fourth-order valence-electron chi connectivity index (χ4n) is 3.58. The summed E-state index contributed by atoms with van der Waals surface area (Å²) in [4.78, 5) is 16.0. The van der Waals surface area contributed by atoms with Gasteiger partial charge >= 0.3 is 0 Å². The first-order valence-corrected chi connectivity index (χ1v) is 12.1. The van der Waals surface area contributed by atoms with Crippen LogP contribution in [0.15, 0.2) is 77.7 Å². The van der Waals surface area contributed by atoms with Crippen LogP contribution >= 0.6 is 23.2 Å². The lowest BCUT2D eigenvalue weighted by Crippen LogP contribution is -2.18. The predicted octanol–water partition coefficient (Wildman–Crippen LogP) is 5.14. The topological polar surface area (TPSA) is 105 Å². The number of hydrogen-bond donors (Lipinski definition) is 1. The van der Waals surface area contributed by atoms with Crippen LogP contribution in [0.3, 0.4) is 0 Å². The monoisotopic (exact) mass is 510 g/mol. The van der Waals surface area contributed by atoms with E-state index in [0.29, 0.717) is 33.8 Å². The van der Waals surface area contributed by atoms with E-state index in [1.165, 1.54) is 12.3 Å². The van der Waals surface area contributed by atoms with Crippen molar-refractivity contribution in [1.82, 2.24) is 14.3 Å². The highest BCUT2D eigenvalue weighted by atomic mass is 35.5. The largest absolute Gasteiger partial charge is 0.316 e. The van der Waals surface area contributed by atoms with Gasteiger partial charge in [-0.1, -0.05) is 83.9 Å². The number of carbonyl (C=O) groups excluding carboxylic acids is 1. The van der Waals surface area contributed by atoms with E-state index in [-0.39, 0.29) is 22.3 Å². The molecule has 0 fully saturated rings. The number of carbonyl (C=O) groups is 1. The lowest BCUT2D eigenvalue weighted by molar-refractivity contribution is 0.111. The first kappa shape index (κ1) is 23.5. The maximum atomic E-state index is 12.4. The van der Waals surface area contributed by atoms with Crippen LogP contribution in [0.25, 0.3) is 22.5 Å². The molecule has 170 valence electrons. The van der Waals surface area contributed by atoms with Crippen molar-refractivity contribution in [3.63, 3.8) is 0 Å². The highest BCUT2D eigenvalue weighted by molar-refractivity contribution is 7.89. The summed E-state index contributed by atoms with van der Waals surface area (Å²) in [5.74, 6) is 0.520. The molecular weight excluding hydrogens is 495 g/mol. The third-order valence-corrected chi connectivity index (χ3v) is 7.08. The Morgan fingerprint density at radius 1 is 1.00 bits per heavy atom. The number of nitrogens with zero attached hydrogens (tertiary/aromatic N) is 3. The van der Waals surface area contributed by atoms with Crippen LogP contribution in [-0.4, -0.2) is 24.3 Å². The van der Waals surface area contributed by atoms with Gasteiger partial charge in [-0.2, -0.15) is 5.26 Å². The summed E-state index contributed by atoms with van der Waals surface area (Å²) in [6, 6.07) is 20.7. The molecule has 0 atom stereocenters. The van der Waals surface area contributed by atoms with Crippen molar-refractivity contribution in [3.05, 3.63) is 94.2 Å². The highest BCUT2D eigenvalue weighted by Gasteiger charge is 2.21. The lowest BCUT2D eigenvalue weighted by Gasteiger charge is -2.14. The number of aldehydes is 1. The van der Waals surface area contributed by atoms with Crippen molar-refractivity contribution < 1.29 is 13.2 Å². The Morgan fingerprint density at radius 2 is 1.71 bits per heavy atom. The van der Waals surface area contributed by atoms with E-state index in [9.17, 15) is 13.2 Å². The maximum Gasteiger partial charge on any atom is 0.270 e. The first-order chi connectivity index (χ1) is 16.4. The summed E-state index contributed by atoms with van der Waals surface area (Å²) < 4.78 is 28.4. The SMILES string of the molecule is N#CNS(=O)(=O)c1ccccc1-c1ccc(Cn2c(-c3ccccc3)nc(Cl)c2C=O)c(Cl)c1. The van der Waals surface area contributed by atoms with Crippen molar-refractivity contribution >= 4 is 39.5 Å². The number of benzene rings is 3. The Bertz CT molecular complexity index is 1530. The van der Waals surface area contributed by atoms with Gasteiger partial charge in [0.2, 0.25) is 0 Å². The average molecular weight is 511 g/mol. The summed E-state index contributed by atoms with van der Waals surface area (Å²) in [6.07, 6.45) is 2.10. The third-order valence-electron chi connectivity index (χ3n) is 5.15. The number of nitriles is 1. The molecule has 0 saturated carbocycles. The number of imidazole rings is 1. The Balaban J connectivity index is 1.76. The Morgan fingerprint density at radius 3 is 2.38 bits per heavy atom. The van der Waals surface area contributed by atoms with Gasteiger partial charge in [0.05, 0.1) is 11.4 Å². The predicted molar refractivity (Wildman–Crippen MR) is 130 cm³/mol. The molecule has 0 radical (unpaired) electrons. The third kappa shape index (κ3) is 4.54. The lowest BCUT2D eigenvalue weighted by atomic mass is 10.0. The number of nitrogens with one attached hydrogen (secondary N) is 1. The van der Waals surface area contributed by atoms with Crippen molar-refractivity contribution in [1.29, 1.82) is 5.26 Å². The Hall–Kier alpha value is -3.64. The van der Waals surface area contributed by atoms with E-state index < -0.39 is 10.0 Å². The molecule has 34 heavy (non-hydrogen) atoms. The van der Waals surface area contributed by atoms with E-state index in [0.717, 1.165) is 5.56 Å². The molecule has 0 amide bonds. The van der Waals surface area contributed by atoms with Crippen molar-refractivity contribution in [2.75, 3.05) is 0 Å². The first-order valence-electron chi connectivity index (χ1n) is 9.91. The average Bonchev–Trinajstić information content (AvgIpc) is 3.15. The number of aromatic nitrogens is 2. The molecule has 1 aromatic heterocycles. The minimum atomic E-state index is -4.02. The molecule has 4 aromatic rings. The Kier molecular flexibility index (Phi) is 6.70. The molecule has 0 bridgehead atoms. The van der Waals surface area contributed by atoms with E-state index in [1.807, 2.05) is 35.1 Å². The summed E-state index contributed by atoms with van der Waals surface area (Å²) in [5.41, 5.74) is 2.63. The Labute approximate surface area is 206 Å². The van der Waals surface area contributed by atoms with Crippen LogP contribution in [0.2, 0.25) is 10.2 Å². The van der Waals surface area contributed by atoms with Crippen LogP contribution in [0.1, 0.15) is 16.1 Å². The molecule has 0 unspecified atom stereocenters. The molecule has 1 heterocycles. The number of sulfonamides is 1. The van der Waals surface area contributed by atoms with Gasteiger partial charge < -0.3 is 4.57 Å². The van der Waals surface area contributed by atoms with Gasteiger partial charge in [0, 0.05) is 16.1 Å². The molecule has 7 nitrogen and oxygen atoms in total. The minimum Gasteiger partial charge on any atom is -0.316 e. The fraction of sp³-hybridized carbons (Fsp3) is 0.0417. The number of halogens is 2. The van der Waals surface area contributed by atoms with Crippen LogP contribution in [-0.2, 0) is 16.6 Å². The van der Waals surface area contributed by atoms with E-state index in [4.69, 9.17) is 28.5 Å². The second-order valence-corrected chi connectivity index (χ2v) is 9.62. The van der Waals surface area contributed by atoms with Crippen molar-refractivity contribution in [2.24, 2.45) is 0 Å². The molecule has 3 aromatic carbocycles. The number of hydrogen-bond acceptors (Lipinski definition) is 5. The van der Waals surface area contributed by atoms with Gasteiger partial charge in [-0.15, -0.1) is 0 Å². The van der Waals surface area contributed by atoms with E-state index in [1.54, 1.807) is 41.0 Å². The molecule has 0 aliphatic heterocycles. The van der Waals surface area contributed by atoms with Gasteiger partial charge in [0.25, 0.3) is 10.0 Å². The quantitative estimate of drug-likeness (QED) is 0.210. The molecule has 0 saturated heterocycles. The van der Waals surface area contributed by atoms with E-state index in [2.05, 4.69) is 4.98 Å². The van der Waals surface area contributed by atoms with Crippen LogP contribution in [0.5, 0.6) is 0 Å². The zero-order valence-electron chi connectivity index (χ0n) is 17.4. The van der Waals surface area contributed by atoms with Gasteiger partial charge in [0.1, 0.15) is 11.5 Å². The van der Waals surface area contributed by atoms with Gasteiger partial charge in [-0.3, -0.25) is 4.79 Å². The summed E-state index contributed by atoms with van der Waals surface area (Å²) in [7, 11) is -4.02. The molecule has 0 aliphatic rings. The van der Waals surface area contributed by atoms with Crippen LogP contribution in [0.4, 0.5) is 0 Å². The highest BCUT2D eigenvalue weighted by Crippen LogP contribution is 2.32. The molecular formula is C24H16Cl2N4O3S. The maximum absolute atomic E-state index is 12.4. The van der Waals surface area contributed by atoms with Crippen LogP contribution in [0, 0.1) is 11.5 Å². The van der Waals surface area contributed by atoms with Gasteiger partial charge in [-0.05, 0) is 23.3 Å². The summed E-state index contributed by atoms with van der Waals surface area (Å²) in [6.45, 7) is 0.215. The molecule has 0 aliphatic carbocycles. The summed E-state index contributed by atoms with van der Waals surface area (Å²) in [5, 5.41) is 9.24. The molecule has 1 N–H and O–H groups in total. The summed E-state index contributed by atoms with van der Waals surface area (Å²) >= 11 is 12.8. The zero-order valence-corrected chi connectivity index (χ0v) is 19.8. The second-order valence-electron chi connectivity index (χ2n) is 7.20. The number of rotatable bonds is 7. The van der Waals surface area contributed by atoms with Gasteiger partial charge in [0.15, 0.2) is 17.6 Å². The standard InChI is InChI=1S/C24H16Cl2N4O3S/c25-20-12-17(19-8-4-5-9-22(19)34(32,33)28-15-27)10-11-18(20)13-30-21(14-31)23(26)29-24(30)16-6-2-1-3-7-16/h1-12,14,28H,13H2. The van der Waals surface area contributed by atoms with Gasteiger partial charge in [-0.25, -0.2) is 18.1 Å². The molecule has 10 heteroatoms. The van der Waals surface area contributed by atoms with Crippen molar-refractivity contribution in [2.45, 2.75) is 11.4 Å². The molecule has 0 spiro atoms. The van der Waals surface area contributed by atoms with Crippen LogP contribution < -0.4 is 4.72 Å².